The molecule has 2 aromatic heterocycles. The number of hydrogen-bond acceptors (Lipinski definition) is 8. The van der Waals surface area contributed by atoms with Crippen LogP contribution in [0.25, 0.3) is 0 Å². The van der Waals surface area contributed by atoms with Crippen LogP contribution in [0.5, 0.6) is 0 Å². The Kier molecular flexibility index (Phi) is 3.06. The van der Waals surface area contributed by atoms with E-state index in [-0.39, 0.29) is 16.0 Å². The number of nitrogens with two attached hydrogens (primary N) is 1. The van der Waals surface area contributed by atoms with Gasteiger partial charge in [0.05, 0.1) is 0 Å². The molecular weight excluding hydrogens is 248 g/mol. The molecule has 0 saturated heterocycles. The molecule has 2 aromatic rings. The van der Waals surface area contributed by atoms with Crippen molar-refractivity contribution in [2.24, 2.45) is 0 Å². The molecule has 9 heteroatoms. The molecule has 0 fully saturated rings. The van der Waals surface area contributed by atoms with E-state index in [0.29, 0.717) is 5.13 Å². The van der Waals surface area contributed by atoms with Gasteiger partial charge in [-0.2, -0.15) is 0 Å². The lowest BCUT2D eigenvalue weighted by atomic mass is 10.5. The Morgan fingerprint density at radius 2 is 2.12 bits per heavy atom. The van der Waals surface area contributed by atoms with E-state index in [1.807, 2.05) is 6.92 Å². The second-order valence-electron chi connectivity index (χ2n) is 2.75. The van der Waals surface area contributed by atoms with Crippen LogP contribution in [0.15, 0.2) is 0 Å². The van der Waals surface area contributed by atoms with Crippen LogP contribution in [-0.4, -0.2) is 26.3 Å². The molecule has 2 rings (SSSR count). The number of carbonyl (C=O) groups is 1. The summed E-state index contributed by atoms with van der Waals surface area (Å²) >= 11 is 2.36. The van der Waals surface area contributed by atoms with Crippen LogP contribution in [0.1, 0.15) is 21.7 Å². The van der Waals surface area contributed by atoms with Gasteiger partial charge < -0.3 is 5.73 Å². The summed E-state index contributed by atoms with van der Waals surface area (Å²) in [7, 11) is 0. The number of aromatic nitrogens is 4. The van der Waals surface area contributed by atoms with E-state index < -0.39 is 0 Å². The molecule has 3 N–H and O–H groups in total. The van der Waals surface area contributed by atoms with Crippen LogP contribution in [0.3, 0.4) is 0 Å². The zero-order valence-electron chi connectivity index (χ0n) is 8.30. The van der Waals surface area contributed by atoms with E-state index >= 15 is 0 Å². The SMILES string of the molecule is CCc1nnc(NC(=O)c2nnc(N)s2)s1. The number of nitrogen functional groups attached to an aromatic ring is 1. The number of carbonyl (C=O) groups excluding carboxylic acids is 1. The van der Waals surface area contributed by atoms with E-state index in [1.165, 1.54) is 11.3 Å². The van der Waals surface area contributed by atoms with Crippen LogP contribution in [0, 0.1) is 0 Å². The fourth-order valence-corrected chi connectivity index (χ4v) is 2.10. The third kappa shape index (κ3) is 2.31. The third-order valence-electron chi connectivity index (χ3n) is 1.62. The first-order chi connectivity index (χ1) is 7.69. The molecule has 7 nitrogen and oxygen atoms in total. The van der Waals surface area contributed by atoms with Crippen molar-refractivity contribution in [3.8, 4) is 0 Å². The molecule has 84 valence electrons. The molecule has 16 heavy (non-hydrogen) atoms. The summed E-state index contributed by atoms with van der Waals surface area (Å²) in [4.78, 5) is 11.6. The van der Waals surface area contributed by atoms with E-state index in [2.05, 4.69) is 25.7 Å². The Bertz CT molecular complexity index is 506. The summed E-state index contributed by atoms with van der Waals surface area (Å²) in [5.74, 6) is -0.368. The van der Waals surface area contributed by atoms with Gasteiger partial charge >= 0.3 is 0 Å². The van der Waals surface area contributed by atoms with Crippen molar-refractivity contribution in [3.63, 3.8) is 0 Å². The number of hydrogen-bond donors (Lipinski definition) is 2. The standard InChI is InChI=1S/C7H8N6OS2/c1-2-3-10-13-7(15-3)9-4(14)5-11-12-6(8)16-5/h2H2,1H3,(H2,8,12)(H,9,13,14). The third-order valence-corrected chi connectivity index (χ3v) is 3.36. The molecule has 0 bridgehead atoms. The summed E-state index contributed by atoms with van der Waals surface area (Å²) in [5, 5.41) is 19.3. The van der Waals surface area contributed by atoms with Gasteiger partial charge in [0.2, 0.25) is 15.3 Å². The van der Waals surface area contributed by atoms with Gasteiger partial charge in [0.1, 0.15) is 5.01 Å². The van der Waals surface area contributed by atoms with Crippen molar-refractivity contribution in [3.05, 3.63) is 10.0 Å². The highest BCUT2D eigenvalue weighted by molar-refractivity contribution is 7.17. The first-order valence-electron chi connectivity index (χ1n) is 4.41. The Morgan fingerprint density at radius 1 is 1.31 bits per heavy atom. The number of amides is 1. The Hall–Kier alpha value is -1.61. The molecule has 0 aliphatic heterocycles. The van der Waals surface area contributed by atoms with Crippen LogP contribution in [-0.2, 0) is 6.42 Å². The molecule has 0 unspecified atom stereocenters. The summed E-state index contributed by atoms with van der Waals surface area (Å²) in [5.41, 5.74) is 5.37. The van der Waals surface area contributed by atoms with E-state index in [1.54, 1.807) is 0 Å². The van der Waals surface area contributed by atoms with Crippen molar-refractivity contribution >= 4 is 38.8 Å². The van der Waals surface area contributed by atoms with Crippen LogP contribution in [0.2, 0.25) is 0 Å². The van der Waals surface area contributed by atoms with Crippen molar-refractivity contribution in [1.29, 1.82) is 0 Å². The van der Waals surface area contributed by atoms with Crippen LogP contribution < -0.4 is 11.1 Å². The number of rotatable bonds is 3. The smallest absolute Gasteiger partial charge is 0.288 e. The quantitative estimate of drug-likeness (QED) is 0.840. The second-order valence-corrected chi connectivity index (χ2v) is 4.83. The Labute approximate surface area is 98.7 Å². The zero-order valence-corrected chi connectivity index (χ0v) is 9.93. The van der Waals surface area contributed by atoms with Crippen LogP contribution >= 0.6 is 22.7 Å². The summed E-state index contributed by atoms with van der Waals surface area (Å²) in [6.07, 6.45) is 0.791. The second kappa shape index (κ2) is 4.49. The average Bonchev–Trinajstić information content (AvgIpc) is 2.87. The molecule has 0 spiro atoms. The molecule has 0 aliphatic carbocycles. The predicted octanol–water partition coefficient (Wildman–Crippen LogP) is 0.786. The molecule has 0 aliphatic rings. The zero-order chi connectivity index (χ0) is 11.5. The summed E-state index contributed by atoms with van der Waals surface area (Å²) in [6, 6.07) is 0. The Morgan fingerprint density at radius 3 is 2.69 bits per heavy atom. The minimum Gasteiger partial charge on any atom is -0.374 e. The largest absolute Gasteiger partial charge is 0.374 e. The van der Waals surface area contributed by atoms with Gasteiger partial charge in [0, 0.05) is 0 Å². The van der Waals surface area contributed by atoms with Gasteiger partial charge in [-0.15, -0.1) is 20.4 Å². The maximum Gasteiger partial charge on any atom is 0.288 e. The number of aryl methyl sites for hydroxylation is 1. The highest BCUT2D eigenvalue weighted by atomic mass is 32.1. The van der Waals surface area contributed by atoms with E-state index in [0.717, 1.165) is 22.8 Å². The highest BCUT2D eigenvalue weighted by Gasteiger charge is 2.13. The number of nitrogens with zero attached hydrogens (tertiary/aromatic N) is 4. The van der Waals surface area contributed by atoms with Crippen molar-refractivity contribution in [1.82, 2.24) is 20.4 Å². The minimum atomic E-state index is -0.368. The Balaban J connectivity index is 2.07. The number of nitrogens with one attached hydrogen (secondary N) is 1. The van der Waals surface area contributed by atoms with Gasteiger partial charge in [0.25, 0.3) is 5.91 Å². The van der Waals surface area contributed by atoms with Crippen molar-refractivity contribution in [2.45, 2.75) is 13.3 Å². The average molecular weight is 256 g/mol. The topological polar surface area (TPSA) is 107 Å². The van der Waals surface area contributed by atoms with E-state index in [4.69, 9.17) is 5.73 Å². The van der Waals surface area contributed by atoms with Gasteiger partial charge in [-0.05, 0) is 6.42 Å². The molecule has 0 aromatic carbocycles. The molecule has 2 heterocycles. The molecular formula is C7H8N6OS2. The van der Waals surface area contributed by atoms with Crippen molar-refractivity contribution in [2.75, 3.05) is 11.1 Å². The molecule has 1 amide bonds. The highest BCUT2D eigenvalue weighted by Crippen LogP contribution is 2.18. The minimum absolute atomic E-state index is 0.214. The lowest BCUT2D eigenvalue weighted by molar-refractivity contribution is 0.102. The maximum atomic E-state index is 11.6. The predicted molar refractivity (Wildman–Crippen MR) is 61.6 cm³/mol. The first-order valence-corrected chi connectivity index (χ1v) is 6.05. The van der Waals surface area contributed by atoms with Gasteiger partial charge in [-0.25, -0.2) is 0 Å². The number of anilines is 2. The lowest BCUT2D eigenvalue weighted by Gasteiger charge is -1.94. The molecule has 0 saturated carbocycles. The summed E-state index contributed by atoms with van der Waals surface area (Å²) in [6.45, 7) is 1.97. The fraction of sp³-hybridized carbons (Fsp3) is 0.286. The molecule has 0 radical (unpaired) electrons. The van der Waals surface area contributed by atoms with Crippen LogP contribution in [0.4, 0.5) is 10.3 Å². The van der Waals surface area contributed by atoms with Gasteiger partial charge in [-0.3, -0.25) is 10.1 Å². The lowest BCUT2D eigenvalue weighted by Crippen LogP contribution is -2.11. The van der Waals surface area contributed by atoms with E-state index in [9.17, 15) is 4.79 Å². The first kappa shape index (κ1) is 10.9. The molecule has 0 atom stereocenters. The normalized spacial score (nSPS) is 10.3. The fourth-order valence-electron chi connectivity index (χ4n) is 0.924. The monoisotopic (exact) mass is 256 g/mol. The van der Waals surface area contributed by atoms with Gasteiger partial charge in [0.15, 0.2) is 0 Å². The summed E-state index contributed by atoms with van der Waals surface area (Å²) < 4.78 is 0. The maximum absolute atomic E-state index is 11.6. The van der Waals surface area contributed by atoms with Gasteiger partial charge in [-0.1, -0.05) is 29.6 Å². The van der Waals surface area contributed by atoms with Crippen molar-refractivity contribution < 1.29 is 4.79 Å².